The molecule has 0 atom stereocenters. The minimum absolute atomic E-state index is 0.0312. The Labute approximate surface area is 122 Å². The molecule has 1 heterocycles. The molecule has 0 aliphatic carbocycles. The number of nitrogen functional groups attached to an aromatic ring is 1. The maximum atomic E-state index is 12.2. The molecule has 0 radical (unpaired) electrons. The van der Waals surface area contributed by atoms with E-state index in [2.05, 4.69) is 9.71 Å². The first-order valence-electron chi connectivity index (χ1n) is 5.95. The molecule has 0 aliphatic heterocycles. The summed E-state index contributed by atoms with van der Waals surface area (Å²) in [5, 5.41) is 0.106. The lowest BCUT2D eigenvalue weighted by molar-refractivity contribution is 0.601. The van der Waals surface area contributed by atoms with Crippen molar-refractivity contribution < 1.29 is 8.42 Å². The topological polar surface area (TPSA) is 85.1 Å². The number of aryl methyl sites for hydroxylation is 1. The molecule has 0 unspecified atom stereocenters. The Balaban J connectivity index is 2.27. The minimum atomic E-state index is -3.72. The molecule has 0 amide bonds. The standard InChI is InChI=1S/C13H14ClN3O2S/c1-2-9-3-5-10(6-4-9)17-20(18,19)11-7-12(14)13(15)16-8-11/h3-8,17H,2H2,1H3,(H2,15,16). The van der Waals surface area contributed by atoms with Crippen LogP contribution in [0.2, 0.25) is 5.02 Å². The number of rotatable bonds is 4. The van der Waals surface area contributed by atoms with Gasteiger partial charge in [0.1, 0.15) is 10.7 Å². The van der Waals surface area contributed by atoms with Crippen molar-refractivity contribution in [1.29, 1.82) is 0 Å². The van der Waals surface area contributed by atoms with E-state index in [0.717, 1.165) is 12.0 Å². The Morgan fingerprint density at radius 2 is 1.95 bits per heavy atom. The highest BCUT2D eigenvalue weighted by Crippen LogP contribution is 2.22. The highest BCUT2D eigenvalue weighted by molar-refractivity contribution is 7.92. The van der Waals surface area contributed by atoms with E-state index in [-0.39, 0.29) is 15.7 Å². The van der Waals surface area contributed by atoms with Crippen LogP contribution in [0.15, 0.2) is 41.4 Å². The third-order valence-corrected chi connectivity index (χ3v) is 4.42. The van der Waals surface area contributed by atoms with Crippen LogP contribution < -0.4 is 10.5 Å². The van der Waals surface area contributed by atoms with Crippen LogP contribution in [-0.2, 0) is 16.4 Å². The molecule has 3 N–H and O–H groups in total. The van der Waals surface area contributed by atoms with Crippen LogP contribution in [0, 0.1) is 0 Å². The number of nitrogens with one attached hydrogen (secondary N) is 1. The number of benzene rings is 1. The average molecular weight is 312 g/mol. The van der Waals surface area contributed by atoms with Crippen LogP contribution in [0.25, 0.3) is 0 Å². The van der Waals surface area contributed by atoms with Gasteiger partial charge in [-0.2, -0.15) is 0 Å². The number of hydrogen-bond donors (Lipinski definition) is 2. The van der Waals surface area contributed by atoms with Crippen LogP contribution in [0.4, 0.5) is 11.5 Å². The van der Waals surface area contributed by atoms with E-state index in [0.29, 0.717) is 5.69 Å². The Bertz CT molecular complexity index is 715. The van der Waals surface area contributed by atoms with Gasteiger partial charge in [-0.15, -0.1) is 0 Å². The van der Waals surface area contributed by atoms with E-state index < -0.39 is 10.0 Å². The van der Waals surface area contributed by atoms with E-state index in [1.54, 1.807) is 12.1 Å². The summed E-state index contributed by atoms with van der Waals surface area (Å²) in [6.45, 7) is 2.03. The molecule has 1 aromatic heterocycles. The molecule has 106 valence electrons. The predicted molar refractivity (Wildman–Crippen MR) is 80.3 cm³/mol. The maximum Gasteiger partial charge on any atom is 0.263 e. The zero-order chi connectivity index (χ0) is 14.8. The summed E-state index contributed by atoms with van der Waals surface area (Å²) in [6, 6.07) is 8.43. The fraction of sp³-hybridized carbons (Fsp3) is 0.154. The van der Waals surface area contributed by atoms with Crippen molar-refractivity contribution in [3.63, 3.8) is 0 Å². The summed E-state index contributed by atoms with van der Waals surface area (Å²) in [6.07, 6.45) is 2.06. The van der Waals surface area contributed by atoms with Crippen molar-refractivity contribution in [2.45, 2.75) is 18.2 Å². The van der Waals surface area contributed by atoms with Crippen LogP contribution in [0.1, 0.15) is 12.5 Å². The summed E-state index contributed by atoms with van der Waals surface area (Å²) >= 11 is 5.78. The number of aromatic nitrogens is 1. The van der Waals surface area contributed by atoms with Gasteiger partial charge in [-0.1, -0.05) is 30.7 Å². The first-order chi connectivity index (χ1) is 9.42. The first-order valence-corrected chi connectivity index (χ1v) is 7.81. The van der Waals surface area contributed by atoms with Crippen molar-refractivity contribution in [3.8, 4) is 0 Å². The van der Waals surface area contributed by atoms with E-state index in [1.165, 1.54) is 12.3 Å². The molecule has 0 saturated carbocycles. The zero-order valence-corrected chi connectivity index (χ0v) is 12.4. The van der Waals surface area contributed by atoms with Gasteiger partial charge in [0.15, 0.2) is 0 Å². The van der Waals surface area contributed by atoms with Crippen molar-refractivity contribution in [1.82, 2.24) is 4.98 Å². The van der Waals surface area contributed by atoms with Gasteiger partial charge in [0, 0.05) is 11.9 Å². The number of anilines is 2. The summed E-state index contributed by atoms with van der Waals surface area (Å²) in [5.74, 6) is 0.0953. The Hall–Kier alpha value is -1.79. The normalized spacial score (nSPS) is 11.3. The second-order valence-electron chi connectivity index (χ2n) is 4.19. The molecular formula is C13H14ClN3O2S. The SMILES string of the molecule is CCc1ccc(NS(=O)(=O)c2cnc(N)c(Cl)c2)cc1. The summed E-state index contributed by atoms with van der Waals surface area (Å²) in [5.41, 5.74) is 7.07. The van der Waals surface area contributed by atoms with Crippen LogP contribution in [0.3, 0.4) is 0 Å². The highest BCUT2D eigenvalue weighted by atomic mass is 35.5. The molecule has 0 bridgehead atoms. The summed E-state index contributed by atoms with van der Waals surface area (Å²) in [4.78, 5) is 3.71. The molecule has 2 aromatic rings. The second-order valence-corrected chi connectivity index (χ2v) is 6.28. The molecule has 5 nitrogen and oxygen atoms in total. The molecule has 1 aromatic carbocycles. The summed E-state index contributed by atoms with van der Waals surface area (Å²) < 4.78 is 26.8. The molecule has 2 rings (SSSR count). The van der Waals surface area contributed by atoms with Crippen LogP contribution in [-0.4, -0.2) is 13.4 Å². The number of sulfonamides is 1. The fourth-order valence-corrected chi connectivity index (χ4v) is 2.86. The van der Waals surface area contributed by atoms with Crippen molar-refractivity contribution in [3.05, 3.63) is 47.1 Å². The zero-order valence-electron chi connectivity index (χ0n) is 10.8. The second kappa shape index (κ2) is 5.68. The molecule has 0 aliphatic rings. The van der Waals surface area contributed by atoms with Crippen molar-refractivity contribution in [2.75, 3.05) is 10.5 Å². The molecule has 20 heavy (non-hydrogen) atoms. The smallest absolute Gasteiger partial charge is 0.263 e. The highest BCUT2D eigenvalue weighted by Gasteiger charge is 2.16. The van der Waals surface area contributed by atoms with Gasteiger partial charge in [0.05, 0.1) is 5.02 Å². The predicted octanol–water partition coefficient (Wildman–Crippen LogP) is 2.68. The van der Waals surface area contributed by atoms with Crippen molar-refractivity contribution >= 4 is 33.1 Å². The quantitative estimate of drug-likeness (QED) is 0.909. The van der Waals surface area contributed by atoms with E-state index in [4.69, 9.17) is 17.3 Å². The number of halogens is 1. The largest absolute Gasteiger partial charge is 0.382 e. The number of nitrogens with zero attached hydrogens (tertiary/aromatic N) is 1. The Morgan fingerprint density at radius 3 is 2.50 bits per heavy atom. The lowest BCUT2D eigenvalue weighted by atomic mass is 10.2. The van der Waals surface area contributed by atoms with Gasteiger partial charge >= 0.3 is 0 Å². The molecule has 0 fully saturated rings. The van der Waals surface area contributed by atoms with Gasteiger partial charge in [0.25, 0.3) is 10.0 Å². The molecule has 0 saturated heterocycles. The number of pyridine rings is 1. The number of nitrogens with two attached hydrogens (primary N) is 1. The van der Waals surface area contributed by atoms with E-state index >= 15 is 0 Å². The monoisotopic (exact) mass is 311 g/mol. The van der Waals surface area contributed by atoms with Crippen LogP contribution >= 0.6 is 11.6 Å². The van der Waals surface area contributed by atoms with Crippen LogP contribution in [0.5, 0.6) is 0 Å². The van der Waals surface area contributed by atoms with Gasteiger partial charge < -0.3 is 5.73 Å². The van der Waals surface area contributed by atoms with Gasteiger partial charge in [-0.3, -0.25) is 4.72 Å². The van der Waals surface area contributed by atoms with E-state index in [1.807, 2.05) is 19.1 Å². The lowest BCUT2D eigenvalue weighted by Gasteiger charge is -2.09. The third kappa shape index (κ3) is 3.20. The first kappa shape index (κ1) is 14.6. The lowest BCUT2D eigenvalue weighted by Crippen LogP contribution is -2.13. The maximum absolute atomic E-state index is 12.2. The average Bonchev–Trinajstić information content (AvgIpc) is 2.42. The molecule has 0 spiro atoms. The van der Waals surface area contributed by atoms with Gasteiger partial charge in [0.2, 0.25) is 0 Å². The number of hydrogen-bond acceptors (Lipinski definition) is 4. The fourth-order valence-electron chi connectivity index (χ4n) is 1.60. The van der Waals surface area contributed by atoms with Gasteiger partial charge in [-0.05, 0) is 30.2 Å². The summed E-state index contributed by atoms with van der Waals surface area (Å²) in [7, 11) is -3.72. The Kier molecular flexibility index (Phi) is 4.15. The van der Waals surface area contributed by atoms with Crippen molar-refractivity contribution in [2.24, 2.45) is 0 Å². The third-order valence-electron chi connectivity index (χ3n) is 2.77. The molecule has 7 heteroatoms. The van der Waals surface area contributed by atoms with Gasteiger partial charge in [-0.25, -0.2) is 13.4 Å². The minimum Gasteiger partial charge on any atom is -0.382 e. The Morgan fingerprint density at radius 1 is 1.30 bits per heavy atom. The van der Waals surface area contributed by atoms with E-state index in [9.17, 15) is 8.42 Å². The molecular weight excluding hydrogens is 298 g/mol.